The number of halogens is 3. The van der Waals surface area contributed by atoms with E-state index in [0.29, 0.717) is 10.0 Å². The Hall–Kier alpha value is -2.12. The van der Waals surface area contributed by atoms with E-state index in [1.54, 1.807) is 0 Å². The van der Waals surface area contributed by atoms with Gasteiger partial charge in [0, 0.05) is 5.02 Å². The van der Waals surface area contributed by atoms with Gasteiger partial charge < -0.3 is 0 Å². The minimum absolute atomic E-state index is 0.563. The number of hydrogen-bond donors (Lipinski definition) is 0. The second kappa shape index (κ2) is 9.13. The third-order valence-electron chi connectivity index (χ3n) is 4.64. The Morgan fingerprint density at radius 3 is 1.31 bits per heavy atom. The molecule has 0 unspecified atom stereocenters. The van der Waals surface area contributed by atoms with Gasteiger partial charge in [-0.2, -0.15) is 0 Å². The predicted molar refractivity (Wildman–Crippen MR) is 130 cm³/mol. The van der Waals surface area contributed by atoms with Crippen molar-refractivity contribution < 1.29 is 0 Å². The molecule has 0 aromatic heterocycles. The summed E-state index contributed by atoms with van der Waals surface area (Å²) in [6, 6.07) is 30.5. The van der Waals surface area contributed by atoms with Gasteiger partial charge >= 0.3 is 0 Å². The van der Waals surface area contributed by atoms with Gasteiger partial charge in [0.15, 0.2) is 14.6 Å². The summed E-state index contributed by atoms with van der Waals surface area (Å²) in [5.74, 6) is 0. The van der Waals surface area contributed by atoms with E-state index >= 15 is 0 Å². The maximum atomic E-state index is 6.10. The van der Waals surface area contributed by atoms with Crippen molar-refractivity contribution >= 4 is 71.2 Å². The zero-order valence-electron chi connectivity index (χ0n) is 15.4. The Balaban J connectivity index is 1.44. The first-order chi connectivity index (χ1) is 14.1. The lowest BCUT2D eigenvalue weighted by Gasteiger charge is -2.07. The van der Waals surface area contributed by atoms with Crippen LogP contribution >= 0.6 is 34.8 Å². The monoisotopic (exact) mass is 430 g/mol. The van der Waals surface area contributed by atoms with E-state index in [1.165, 1.54) is 11.1 Å². The summed E-state index contributed by atoms with van der Waals surface area (Å²) < 4.78 is 0. The summed E-state index contributed by atoms with van der Waals surface area (Å²) in [6.07, 6.45) is 0. The van der Waals surface area contributed by atoms with E-state index in [4.69, 9.17) is 34.8 Å². The molecule has 4 aromatic rings. The van der Waals surface area contributed by atoms with Crippen LogP contribution in [0.4, 0.5) is 0 Å². The average molecular weight is 431 g/mol. The fourth-order valence-corrected chi connectivity index (χ4v) is 3.52. The first-order valence-corrected chi connectivity index (χ1v) is 10.3. The van der Waals surface area contributed by atoms with Crippen LogP contribution in [0.3, 0.4) is 0 Å². The molecular formula is C24H15B2Cl3. The van der Waals surface area contributed by atoms with Gasteiger partial charge in [-0.05, 0) is 35.4 Å². The molecule has 0 aliphatic carbocycles. The molecule has 138 valence electrons. The van der Waals surface area contributed by atoms with Crippen LogP contribution < -0.4 is 21.9 Å². The normalized spacial score (nSPS) is 10.6. The van der Waals surface area contributed by atoms with Gasteiger partial charge in [0.1, 0.15) is 0 Å². The average Bonchev–Trinajstić information content (AvgIpc) is 2.74. The van der Waals surface area contributed by atoms with Crippen molar-refractivity contribution in [1.29, 1.82) is 0 Å². The molecule has 29 heavy (non-hydrogen) atoms. The fraction of sp³-hybridized carbons (Fsp3) is 0. The van der Waals surface area contributed by atoms with Crippen LogP contribution in [0.1, 0.15) is 0 Å². The third-order valence-corrected chi connectivity index (χ3v) is 5.63. The van der Waals surface area contributed by atoms with Crippen LogP contribution in [0.2, 0.25) is 15.1 Å². The molecule has 0 nitrogen and oxygen atoms in total. The molecule has 0 fully saturated rings. The van der Waals surface area contributed by atoms with Gasteiger partial charge in [-0.25, -0.2) is 0 Å². The van der Waals surface area contributed by atoms with Gasteiger partial charge in [-0.3, -0.25) is 0 Å². The molecular weight excluding hydrogens is 416 g/mol. The molecule has 0 heterocycles. The van der Waals surface area contributed by atoms with E-state index in [0.717, 1.165) is 26.9 Å². The van der Waals surface area contributed by atoms with E-state index in [2.05, 4.69) is 63.1 Å². The van der Waals surface area contributed by atoms with Crippen molar-refractivity contribution in [3.63, 3.8) is 0 Å². The lowest BCUT2D eigenvalue weighted by Crippen LogP contribution is -2.26. The van der Waals surface area contributed by atoms with Crippen LogP contribution in [0.25, 0.3) is 11.1 Å². The van der Waals surface area contributed by atoms with Crippen molar-refractivity contribution in [1.82, 2.24) is 0 Å². The zero-order chi connectivity index (χ0) is 20.2. The molecule has 0 saturated heterocycles. The van der Waals surface area contributed by atoms with Crippen LogP contribution in [-0.2, 0) is 0 Å². The quantitative estimate of drug-likeness (QED) is 0.405. The van der Waals surface area contributed by atoms with E-state index in [-0.39, 0.29) is 0 Å². The van der Waals surface area contributed by atoms with Crippen LogP contribution in [0, 0.1) is 0 Å². The molecule has 4 aromatic carbocycles. The van der Waals surface area contributed by atoms with Crippen LogP contribution in [0.5, 0.6) is 0 Å². The van der Waals surface area contributed by atoms with Gasteiger partial charge in [0.2, 0.25) is 0 Å². The van der Waals surface area contributed by atoms with Crippen molar-refractivity contribution in [2.45, 2.75) is 0 Å². The first-order valence-electron chi connectivity index (χ1n) is 9.17. The molecule has 2 radical (unpaired) electrons. The molecule has 0 amide bonds. The lowest BCUT2D eigenvalue weighted by molar-refractivity contribution is 1.65. The summed E-state index contributed by atoms with van der Waals surface area (Å²) in [6.45, 7) is 0. The highest BCUT2D eigenvalue weighted by Gasteiger charge is 2.05. The minimum atomic E-state index is 0.563. The van der Waals surface area contributed by atoms with Gasteiger partial charge in [0.25, 0.3) is 0 Å². The highest BCUT2D eigenvalue weighted by Crippen LogP contribution is 2.19. The molecule has 0 bridgehead atoms. The van der Waals surface area contributed by atoms with E-state index in [9.17, 15) is 0 Å². The van der Waals surface area contributed by atoms with Gasteiger partial charge in [-0.1, -0.05) is 123 Å². The molecule has 0 saturated carbocycles. The highest BCUT2D eigenvalue weighted by molar-refractivity contribution is 6.68. The van der Waals surface area contributed by atoms with Crippen LogP contribution in [-0.4, -0.2) is 14.6 Å². The van der Waals surface area contributed by atoms with Crippen molar-refractivity contribution in [2.75, 3.05) is 0 Å². The van der Waals surface area contributed by atoms with E-state index < -0.39 is 0 Å². The largest absolute Gasteiger partial charge is 0.191 e. The van der Waals surface area contributed by atoms with Gasteiger partial charge in [-0.15, -0.1) is 0 Å². The highest BCUT2D eigenvalue weighted by atomic mass is 35.5. The standard InChI is InChI=1S/C24H15B2Cl3/c27-22-12-9-20(10-13-22)25-18-5-1-16(2-6-18)17-3-7-19(8-4-17)26-21-11-14-23(28)24(29)15-21/h1-15H. The Bertz CT molecular complexity index is 1110. The molecule has 0 atom stereocenters. The maximum absolute atomic E-state index is 6.10. The van der Waals surface area contributed by atoms with Crippen molar-refractivity contribution in [2.24, 2.45) is 0 Å². The predicted octanol–water partition coefficient (Wildman–Crippen LogP) is 4.62. The SMILES string of the molecule is Clc1ccc([B]c2ccc(-c3ccc([B]c4ccc(Cl)c(Cl)c4)cc3)cc2)cc1. The molecule has 4 rings (SSSR count). The van der Waals surface area contributed by atoms with Gasteiger partial charge in [0.05, 0.1) is 10.0 Å². The molecule has 0 aliphatic rings. The van der Waals surface area contributed by atoms with E-state index in [1.807, 2.05) is 42.5 Å². The summed E-state index contributed by atoms with van der Waals surface area (Å²) in [7, 11) is 4.21. The summed E-state index contributed by atoms with van der Waals surface area (Å²) >= 11 is 18.0. The second-order valence-electron chi connectivity index (χ2n) is 6.76. The number of rotatable bonds is 5. The second-order valence-corrected chi connectivity index (χ2v) is 8.01. The van der Waals surface area contributed by atoms with Crippen molar-refractivity contribution in [3.8, 4) is 11.1 Å². The Morgan fingerprint density at radius 2 is 0.828 bits per heavy atom. The van der Waals surface area contributed by atoms with Crippen molar-refractivity contribution in [3.05, 3.63) is 106 Å². The minimum Gasteiger partial charge on any atom is -0.0843 e. The number of hydrogen-bond acceptors (Lipinski definition) is 0. The Morgan fingerprint density at radius 1 is 0.414 bits per heavy atom. The Labute approximate surface area is 187 Å². The molecule has 5 heteroatoms. The lowest BCUT2D eigenvalue weighted by atomic mass is 9.63. The molecule has 0 spiro atoms. The maximum Gasteiger partial charge on any atom is 0.191 e. The zero-order valence-corrected chi connectivity index (χ0v) is 17.7. The smallest absolute Gasteiger partial charge is 0.0843 e. The number of benzene rings is 4. The Kier molecular flexibility index (Phi) is 6.35. The topological polar surface area (TPSA) is 0 Å². The van der Waals surface area contributed by atoms with Crippen LogP contribution in [0.15, 0.2) is 91.0 Å². The summed E-state index contributed by atoms with van der Waals surface area (Å²) in [5.41, 5.74) is 6.77. The molecule has 0 N–H and O–H groups in total. The third kappa shape index (κ3) is 5.28. The first kappa shape index (κ1) is 20.2. The fourth-order valence-electron chi connectivity index (χ4n) is 3.09. The molecule has 0 aliphatic heterocycles. The summed E-state index contributed by atoms with van der Waals surface area (Å²) in [4.78, 5) is 0. The summed E-state index contributed by atoms with van der Waals surface area (Å²) in [5, 5.41) is 1.88.